The predicted octanol–water partition coefficient (Wildman–Crippen LogP) is -0.775. The first-order valence-electron chi connectivity index (χ1n) is 4.81. The highest BCUT2D eigenvalue weighted by atomic mass is 16.4. The quantitative estimate of drug-likeness (QED) is 0.489. The second kappa shape index (κ2) is 4.93. The molecular formula is C9H13NO6. The van der Waals surface area contributed by atoms with Crippen LogP contribution in [0.25, 0.3) is 0 Å². The molecule has 3 atom stereocenters. The van der Waals surface area contributed by atoms with Crippen LogP contribution in [-0.2, 0) is 14.4 Å². The minimum Gasteiger partial charge on any atom is -0.481 e. The molecule has 0 amide bonds. The Hall–Kier alpha value is -1.63. The summed E-state index contributed by atoms with van der Waals surface area (Å²) in [5, 5.41) is 28.8. The molecule has 1 fully saturated rings. The molecule has 0 aliphatic carbocycles. The van der Waals surface area contributed by atoms with Gasteiger partial charge in [-0.1, -0.05) is 0 Å². The lowest BCUT2D eigenvalue weighted by molar-refractivity contribution is -0.144. The van der Waals surface area contributed by atoms with Crippen molar-refractivity contribution >= 4 is 17.9 Å². The minimum absolute atomic E-state index is 0.214. The zero-order chi connectivity index (χ0) is 12.3. The number of hydrogen-bond donors (Lipinski definition) is 4. The SMILES string of the molecule is O=C(O)C[C@H]1CN[C@H](C(=O)O)[C@H]1CC(=O)O. The van der Waals surface area contributed by atoms with Crippen molar-refractivity contribution in [1.29, 1.82) is 0 Å². The highest BCUT2D eigenvalue weighted by Gasteiger charge is 2.41. The van der Waals surface area contributed by atoms with Crippen LogP contribution in [0.15, 0.2) is 0 Å². The van der Waals surface area contributed by atoms with E-state index in [0.717, 1.165) is 0 Å². The van der Waals surface area contributed by atoms with Crippen molar-refractivity contribution in [2.45, 2.75) is 18.9 Å². The molecule has 1 heterocycles. The Bertz CT molecular complexity index is 315. The van der Waals surface area contributed by atoms with Gasteiger partial charge in [-0.3, -0.25) is 14.4 Å². The molecule has 1 aliphatic rings. The maximum absolute atomic E-state index is 10.8. The van der Waals surface area contributed by atoms with Gasteiger partial charge in [0.1, 0.15) is 6.04 Å². The van der Waals surface area contributed by atoms with Crippen LogP contribution < -0.4 is 5.32 Å². The summed E-state index contributed by atoms with van der Waals surface area (Å²) in [4.78, 5) is 31.9. The van der Waals surface area contributed by atoms with Crippen molar-refractivity contribution in [1.82, 2.24) is 5.32 Å². The van der Waals surface area contributed by atoms with Gasteiger partial charge in [0.05, 0.1) is 6.42 Å². The molecule has 0 radical (unpaired) electrons. The number of rotatable bonds is 5. The fraction of sp³-hybridized carbons (Fsp3) is 0.667. The summed E-state index contributed by atoms with van der Waals surface area (Å²) in [6.45, 7) is 0.223. The molecule has 4 N–H and O–H groups in total. The molecule has 1 aliphatic heterocycles. The standard InChI is InChI=1S/C9H13NO6/c11-6(12)1-4-3-10-8(9(15)16)5(4)2-7(13)14/h4-5,8,10H,1-3H2,(H,11,12)(H,13,14)(H,15,16)/t4-,5-,8-/m0/s1. The normalized spacial score (nSPS) is 28.9. The average Bonchev–Trinajstić information content (AvgIpc) is 2.47. The summed E-state index contributed by atoms with van der Waals surface area (Å²) >= 11 is 0. The highest BCUT2D eigenvalue weighted by Crippen LogP contribution is 2.28. The third kappa shape index (κ3) is 2.93. The number of carboxylic acids is 3. The molecule has 0 bridgehead atoms. The summed E-state index contributed by atoms with van der Waals surface area (Å²) in [6.07, 6.45) is -0.545. The minimum atomic E-state index is -1.14. The lowest BCUT2D eigenvalue weighted by atomic mass is 9.85. The van der Waals surface area contributed by atoms with Gasteiger partial charge in [0.15, 0.2) is 0 Å². The Morgan fingerprint density at radius 2 is 1.62 bits per heavy atom. The van der Waals surface area contributed by atoms with Gasteiger partial charge < -0.3 is 20.6 Å². The fourth-order valence-corrected chi connectivity index (χ4v) is 2.06. The third-order valence-electron chi connectivity index (χ3n) is 2.75. The van der Waals surface area contributed by atoms with E-state index in [-0.39, 0.29) is 19.4 Å². The molecule has 0 aromatic heterocycles. The van der Waals surface area contributed by atoms with Crippen LogP contribution in [-0.4, -0.2) is 45.8 Å². The van der Waals surface area contributed by atoms with E-state index in [1.807, 2.05) is 0 Å². The maximum atomic E-state index is 10.8. The smallest absolute Gasteiger partial charge is 0.321 e. The summed E-state index contributed by atoms with van der Waals surface area (Å²) in [5.74, 6) is -4.43. The van der Waals surface area contributed by atoms with Crippen LogP contribution in [0.2, 0.25) is 0 Å². The molecule has 0 spiro atoms. The summed E-state index contributed by atoms with van der Waals surface area (Å²) in [6, 6.07) is -0.972. The van der Waals surface area contributed by atoms with Crippen LogP contribution >= 0.6 is 0 Å². The van der Waals surface area contributed by atoms with Crippen molar-refractivity contribution in [2.24, 2.45) is 11.8 Å². The van der Waals surface area contributed by atoms with Gasteiger partial charge in [-0.2, -0.15) is 0 Å². The van der Waals surface area contributed by atoms with Gasteiger partial charge in [-0.15, -0.1) is 0 Å². The average molecular weight is 231 g/mol. The molecule has 0 saturated carbocycles. The van der Waals surface area contributed by atoms with E-state index >= 15 is 0 Å². The van der Waals surface area contributed by atoms with Crippen molar-refractivity contribution < 1.29 is 29.7 Å². The van der Waals surface area contributed by atoms with Crippen LogP contribution in [0.5, 0.6) is 0 Å². The largest absolute Gasteiger partial charge is 0.481 e. The molecule has 0 unspecified atom stereocenters. The first-order valence-corrected chi connectivity index (χ1v) is 4.81. The van der Waals surface area contributed by atoms with Crippen molar-refractivity contribution in [3.63, 3.8) is 0 Å². The fourth-order valence-electron chi connectivity index (χ4n) is 2.06. The zero-order valence-corrected chi connectivity index (χ0v) is 8.42. The molecule has 16 heavy (non-hydrogen) atoms. The van der Waals surface area contributed by atoms with Crippen molar-refractivity contribution in [3.05, 3.63) is 0 Å². The molecule has 90 valence electrons. The van der Waals surface area contributed by atoms with Crippen molar-refractivity contribution in [3.8, 4) is 0 Å². The topological polar surface area (TPSA) is 124 Å². The number of hydrogen-bond acceptors (Lipinski definition) is 4. The third-order valence-corrected chi connectivity index (χ3v) is 2.75. The number of aliphatic carboxylic acids is 3. The molecule has 1 saturated heterocycles. The Kier molecular flexibility index (Phi) is 3.83. The first-order chi connectivity index (χ1) is 7.41. The summed E-state index contributed by atoms with van der Waals surface area (Å²) in [7, 11) is 0. The van der Waals surface area contributed by atoms with Gasteiger partial charge in [0.25, 0.3) is 0 Å². The van der Waals surface area contributed by atoms with E-state index in [1.165, 1.54) is 0 Å². The van der Waals surface area contributed by atoms with Crippen molar-refractivity contribution in [2.75, 3.05) is 6.54 Å². The Morgan fingerprint density at radius 3 is 2.06 bits per heavy atom. The van der Waals surface area contributed by atoms with Gasteiger partial charge >= 0.3 is 17.9 Å². The van der Waals surface area contributed by atoms with Crippen LogP contribution in [0, 0.1) is 11.8 Å². The molecule has 1 rings (SSSR count). The van der Waals surface area contributed by atoms with Gasteiger partial charge in [0, 0.05) is 6.42 Å². The second-order valence-electron chi connectivity index (χ2n) is 3.84. The van der Waals surface area contributed by atoms with E-state index in [9.17, 15) is 14.4 Å². The number of nitrogens with one attached hydrogen (secondary N) is 1. The van der Waals surface area contributed by atoms with E-state index in [2.05, 4.69) is 5.32 Å². The molecule has 7 nitrogen and oxygen atoms in total. The van der Waals surface area contributed by atoms with E-state index < -0.39 is 35.8 Å². The summed E-state index contributed by atoms with van der Waals surface area (Å²) in [5.41, 5.74) is 0. The van der Waals surface area contributed by atoms with Gasteiger partial charge in [-0.25, -0.2) is 0 Å². The predicted molar refractivity (Wildman–Crippen MR) is 50.9 cm³/mol. The highest BCUT2D eigenvalue weighted by molar-refractivity contribution is 5.77. The molecule has 0 aromatic carbocycles. The Balaban J connectivity index is 2.74. The van der Waals surface area contributed by atoms with Crippen LogP contribution in [0.4, 0.5) is 0 Å². The monoisotopic (exact) mass is 231 g/mol. The zero-order valence-electron chi connectivity index (χ0n) is 8.42. The first kappa shape index (κ1) is 12.4. The van der Waals surface area contributed by atoms with E-state index in [4.69, 9.17) is 15.3 Å². The number of carboxylic acid groups (broad SMARTS) is 3. The van der Waals surface area contributed by atoms with E-state index in [1.54, 1.807) is 0 Å². The lowest BCUT2D eigenvalue weighted by Crippen LogP contribution is -2.36. The lowest BCUT2D eigenvalue weighted by Gasteiger charge is -2.18. The van der Waals surface area contributed by atoms with Crippen LogP contribution in [0.1, 0.15) is 12.8 Å². The molecule has 7 heteroatoms. The Morgan fingerprint density at radius 1 is 1.06 bits per heavy atom. The van der Waals surface area contributed by atoms with Gasteiger partial charge in [0.2, 0.25) is 0 Å². The maximum Gasteiger partial charge on any atom is 0.321 e. The number of carbonyl (C=O) groups is 3. The molecular weight excluding hydrogens is 218 g/mol. The Labute approximate surface area is 91.1 Å². The van der Waals surface area contributed by atoms with Gasteiger partial charge in [-0.05, 0) is 18.4 Å². The molecule has 0 aromatic rings. The van der Waals surface area contributed by atoms with Crippen LogP contribution in [0.3, 0.4) is 0 Å². The second-order valence-corrected chi connectivity index (χ2v) is 3.84. The van der Waals surface area contributed by atoms with E-state index in [0.29, 0.717) is 0 Å². The summed E-state index contributed by atoms with van der Waals surface area (Å²) < 4.78 is 0.